The van der Waals surface area contributed by atoms with Gasteiger partial charge in [-0.3, -0.25) is 9.59 Å². The molecule has 28 heavy (non-hydrogen) atoms. The molecule has 3 fully saturated rings. The number of fused-ring (bicyclic) bond motifs is 5. The molecule has 0 N–H and O–H groups in total. The first kappa shape index (κ1) is 18.1. The van der Waals surface area contributed by atoms with Crippen molar-refractivity contribution < 1.29 is 14.3 Å². The highest BCUT2D eigenvalue weighted by atomic mass is 79.9. The SMILES string of the molecule is CCc1ccc(Oc2ccc(Br)cc2)cc1C1C(=O)[C@@H]2[C@@H]3CC[C@@H](C3)[C@@H]2C1=O. The van der Waals surface area contributed by atoms with Crippen LogP contribution in [0.3, 0.4) is 0 Å². The number of rotatable bonds is 4. The lowest BCUT2D eigenvalue weighted by molar-refractivity contribution is -0.125. The molecule has 0 spiro atoms. The van der Waals surface area contributed by atoms with Crippen molar-refractivity contribution in [1.29, 1.82) is 0 Å². The summed E-state index contributed by atoms with van der Waals surface area (Å²) in [6, 6.07) is 13.5. The van der Waals surface area contributed by atoms with Gasteiger partial charge in [0.15, 0.2) is 11.6 Å². The maximum Gasteiger partial charge on any atom is 0.151 e. The number of carbonyl (C=O) groups excluding carboxylic acids is 2. The zero-order chi connectivity index (χ0) is 19.4. The van der Waals surface area contributed by atoms with Crippen molar-refractivity contribution in [3.63, 3.8) is 0 Å². The highest BCUT2D eigenvalue weighted by molar-refractivity contribution is 9.10. The maximum atomic E-state index is 13.3. The van der Waals surface area contributed by atoms with Gasteiger partial charge in [0, 0.05) is 16.3 Å². The van der Waals surface area contributed by atoms with E-state index in [0.717, 1.165) is 47.0 Å². The summed E-state index contributed by atoms with van der Waals surface area (Å²) < 4.78 is 7.00. The minimum atomic E-state index is -0.596. The summed E-state index contributed by atoms with van der Waals surface area (Å²) in [4.78, 5) is 26.6. The zero-order valence-corrected chi connectivity index (χ0v) is 17.4. The number of carbonyl (C=O) groups is 2. The average molecular weight is 439 g/mol. The Bertz CT molecular complexity index is 921. The molecule has 0 aromatic heterocycles. The summed E-state index contributed by atoms with van der Waals surface area (Å²) in [5.41, 5.74) is 1.93. The van der Waals surface area contributed by atoms with Gasteiger partial charge in [-0.05, 0) is 85.0 Å². The van der Waals surface area contributed by atoms with E-state index in [4.69, 9.17) is 4.74 Å². The second-order valence-electron chi connectivity index (χ2n) is 8.39. The van der Waals surface area contributed by atoms with Crippen LogP contribution in [0.1, 0.15) is 43.2 Å². The van der Waals surface area contributed by atoms with Gasteiger partial charge in [-0.25, -0.2) is 0 Å². The number of hydrogen-bond acceptors (Lipinski definition) is 3. The molecule has 5 atom stereocenters. The van der Waals surface area contributed by atoms with E-state index in [1.54, 1.807) is 0 Å². The monoisotopic (exact) mass is 438 g/mol. The van der Waals surface area contributed by atoms with Gasteiger partial charge in [0.25, 0.3) is 0 Å². The predicted molar refractivity (Wildman–Crippen MR) is 111 cm³/mol. The van der Waals surface area contributed by atoms with Crippen molar-refractivity contribution in [3.8, 4) is 11.5 Å². The van der Waals surface area contributed by atoms with Gasteiger partial charge in [-0.2, -0.15) is 0 Å². The van der Waals surface area contributed by atoms with Gasteiger partial charge in [0.05, 0.1) is 0 Å². The van der Waals surface area contributed by atoms with Gasteiger partial charge in [-0.1, -0.05) is 28.9 Å². The maximum absolute atomic E-state index is 13.3. The van der Waals surface area contributed by atoms with Crippen LogP contribution in [0.5, 0.6) is 11.5 Å². The average Bonchev–Trinajstić information content (AvgIpc) is 3.37. The Balaban J connectivity index is 1.49. The summed E-state index contributed by atoms with van der Waals surface area (Å²) in [5.74, 6) is 1.95. The molecule has 2 aromatic rings. The molecule has 0 aliphatic heterocycles. The number of Topliss-reactive ketones (excluding diaryl/α,β-unsaturated/α-hetero) is 2. The van der Waals surface area contributed by atoms with Gasteiger partial charge in [0.2, 0.25) is 0 Å². The second-order valence-corrected chi connectivity index (χ2v) is 9.31. The van der Waals surface area contributed by atoms with E-state index >= 15 is 0 Å². The van der Waals surface area contributed by atoms with E-state index in [1.807, 2.05) is 42.5 Å². The fourth-order valence-corrected chi connectivity index (χ4v) is 6.07. The van der Waals surface area contributed by atoms with E-state index in [0.29, 0.717) is 17.6 Å². The molecule has 2 aromatic carbocycles. The van der Waals surface area contributed by atoms with Gasteiger partial charge >= 0.3 is 0 Å². The van der Waals surface area contributed by atoms with E-state index < -0.39 is 5.92 Å². The van der Waals surface area contributed by atoms with Gasteiger partial charge in [-0.15, -0.1) is 0 Å². The number of hydrogen-bond donors (Lipinski definition) is 0. The van der Waals surface area contributed by atoms with Crippen LogP contribution in [-0.2, 0) is 16.0 Å². The third-order valence-corrected chi connectivity index (χ3v) is 7.53. The third-order valence-electron chi connectivity index (χ3n) is 7.00. The van der Waals surface area contributed by atoms with Crippen LogP contribution in [0.2, 0.25) is 0 Å². The van der Waals surface area contributed by atoms with Gasteiger partial charge in [0.1, 0.15) is 17.4 Å². The van der Waals surface area contributed by atoms with Crippen LogP contribution >= 0.6 is 15.9 Å². The van der Waals surface area contributed by atoms with Crippen LogP contribution in [0, 0.1) is 23.7 Å². The lowest BCUT2D eigenvalue weighted by Gasteiger charge is -2.21. The first-order valence-corrected chi connectivity index (χ1v) is 11.0. The lowest BCUT2D eigenvalue weighted by atomic mass is 9.81. The minimum absolute atomic E-state index is 0.0306. The van der Waals surface area contributed by atoms with E-state index in [-0.39, 0.29) is 23.4 Å². The molecule has 3 aliphatic rings. The molecule has 144 valence electrons. The highest BCUT2D eigenvalue weighted by Gasteiger charge is 2.61. The fourth-order valence-electron chi connectivity index (χ4n) is 5.81. The molecular formula is C24H23BrO3. The van der Waals surface area contributed by atoms with Crippen molar-refractivity contribution >= 4 is 27.5 Å². The summed E-state index contributed by atoms with van der Waals surface area (Å²) >= 11 is 3.43. The second kappa shape index (κ2) is 6.84. The van der Waals surface area contributed by atoms with E-state index in [9.17, 15) is 9.59 Å². The standard InChI is InChI=1S/C24H23BrO3/c1-2-13-5-8-18(28-17-9-6-16(25)7-10-17)12-19(13)22-23(26)20-14-3-4-15(11-14)21(20)24(22)27/h5-10,12,14-15,20-22H,2-4,11H2,1H3/t14-,15+,20-,21+,22?. The first-order valence-electron chi connectivity index (χ1n) is 10.2. The van der Waals surface area contributed by atoms with Gasteiger partial charge < -0.3 is 4.74 Å². The topological polar surface area (TPSA) is 43.4 Å². The molecule has 3 saturated carbocycles. The number of halogens is 1. The van der Waals surface area contributed by atoms with Crippen LogP contribution in [0.15, 0.2) is 46.9 Å². The molecule has 3 nitrogen and oxygen atoms in total. The number of ketones is 2. The van der Waals surface area contributed by atoms with Crippen LogP contribution in [0.4, 0.5) is 0 Å². The Morgan fingerprint density at radius 2 is 1.54 bits per heavy atom. The van der Waals surface area contributed by atoms with Crippen molar-refractivity contribution in [1.82, 2.24) is 0 Å². The molecule has 1 unspecified atom stereocenters. The van der Waals surface area contributed by atoms with E-state index in [2.05, 4.69) is 22.9 Å². The molecule has 4 heteroatoms. The lowest BCUT2D eigenvalue weighted by Crippen LogP contribution is -2.24. The van der Waals surface area contributed by atoms with Crippen LogP contribution in [0.25, 0.3) is 0 Å². The van der Waals surface area contributed by atoms with E-state index in [1.165, 1.54) is 0 Å². The van der Waals surface area contributed by atoms with Crippen molar-refractivity contribution in [2.24, 2.45) is 23.7 Å². The summed E-state index contributed by atoms with van der Waals surface area (Å²) in [6.07, 6.45) is 4.11. The molecule has 2 bridgehead atoms. The van der Waals surface area contributed by atoms with Crippen molar-refractivity contribution in [2.75, 3.05) is 0 Å². The molecule has 0 saturated heterocycles. The largest absolute Gasteiger partial charge is 0.457 e. The smallest absolute Gasteiger partial charge is 0.151 e. The Labute approximate surface area is 173 Å². The molecule has 0 amide bonds. The molecule has 3 aliphatic carbocycles. The Morgan fingerprint density at radius 3 is 2.14 bits per heavy atom. The van der Waals surface area contributed by atoms with Crippen molar-refractivity contribution in [3.05, 3.63) is 58.1 Å². The number of ether oxygens (including phenoxy) is 1. The number of aryl methyl sites for hydroxylation is 1. The molecule has 0 radical (unpaired) electrons. The minimum Gasteiger partial charge on any atom is -0.457 e. The normalized spacial score (nSPS) is 30.7. The fraction of sp³-hybridized carbons (Fsp3) is 0.417. The summed E-state index contributed by atoms with van der Waals surface area (Å²) in [5, 5.41) is 0. The quantitative estimate of drug-likeness (QED) is 0.574. The Morgan fingerprint density at radius 1 is 0.929 bits per heavy atom. The highest BCUT2D eigenvalue weighted by Crippen LogP contribution is 2.59. The van der Waals surface area contributed by atoms with Crippen LogP contribution in [-0.4, -0.2) is 11.6 Å². The number of benzene rings is 2. The predicted octanol–water partition coefficient (Wildman–Crippen LogP) is 5.70. The third kappa shape index (κ3) is 2.76. The summed E-state index contributed by atoms with van der Waals surface area (Å²) in [7, 11) is 0. The zero-order valence-electron chi connectivity index (χ0n) is 15.9. The van der Waals surface area contributed by atoms with Crippen LogP contribution < -0.4 is 4.74 Å². The first-order chi connectivity index (χ1) is 13.6. The summed E-state index contributed by atoms with van der Waals surface area (Å²) in [6.45, 7) is 2.07. The Hall–Kier alpha value is -1.94. The molecule has 0 heterocycles. The Kier molecular flexibility index (Phi) is 4.42. The molecule has 5 rings (SSSR count). The molecular weight excluding hydrogens is 416 g/mol. The van der Waals surface area contributed by atoms with Crippen molar-refractivity contribution in [2.45, 2.75) is 38.5 Å².